The predicted octanol–water partition coefficient (Wildman–Crippen LogP) is 1.80. The third-order valence-electron chi connectivity index (χ3n) is 5.59. The molecule has 2 unspecified atom stereocenters. The van der Waals surface area contributed by atoms with Gasteiger partial charge in [-0.2, -0.15) is 0 Å². The fourth-order valence-electron chi connectivity index (χ4n) is 3.58. The minimum atomic E-state index is -0.892. The Morgan fingerprint density at radius 3 is 2.33 bits per heavy atom. The maximum absolute atomic E-state index is 12.3. The molecule has 0 radical (unpaired) electrons. The van der Waals surface area contributed by atoms with Gasteiger partial charge in [-0.15, -0.1) is 0 Å². The average Bonchev–Trinajstić information content (AvgIpc) is 3.22. The maximum atomic E-state index is 12.3. The molecule has 1 N–H and O–H groups in total. The van der Waals surface area contributed by atoms with Crippen molar-refractivity contribution in [2.45, 2.75) is 18.8 Å². The number of carbonyl (C=O) groups excluding carboxylic acids is 1. The summed E-state index contributed by atoms with van der Waals surface area (Å²) < 4.78 is 5.55. The lowest BCUT2D eigenvalue weighted by Crippen LogP contribution is -2.47. The molecule has 6 heteroatoms. The van der Waals surface area contributed by atoms with E-state index < -0.39 is 16.8 Å². The van der Waals surface area contributed by atoms with Crippen molar-refractivity contribution < 1.29 is 19.4 Å². The summed E-state index contributed by atoms with van der Waals surface area (Å²) in [7, 11) is 2.02. The Hall–Kier alpha value is -2.08. The third-order valence-corrected chi connectivity index (χ3v) is 5.59. The monoisotopic (exact) mass is 332 g/mol. The van der Waals surface area contributed by atoms with E-state index in [1.165, 1.54) is 0 Å². The van der Waals surface area contributed by atoms with Crippen molar-refractivity contribution in [3.8, 4) is 0 Å². The van der Waals surface area contributed by atoms with Crippen LogP contribution in [0.4, 0.5) is 4.79 Å². The highest BCUT2D eigenvalue weighted by Crippen LogP contribution is 2.64. The largest absolute Gasteiger partial charge is 0.481 e. The highest BCUT2D eigenvalue weighted by Gasteiger charge is 2.70. The van der Waals surface area contributed by atoms with Gasteiger partial charge in [0.2, 0.25) is 0 Å². The number of hydrogen-bond acceptors (Lipinski definition) is 4. The van der Waals surface area contributed by atoms with Crippen LogP contribution in [-0.2, 0) is 14.9 Å². The van der Waals surface area contributed by atoms with Crippen LogP contribution in [0.15, 0.2) is 30.3 Å². The number of aliphatic carboxylic acids is 1. The van der Waals surface area contributed by atoms with E-state index >= 15 is 0 Å². The minimum Gasteiger partial charge on any atom is -0.481 e. The van der Waals surface area contributed by atoms with Crippen molar-refractivity contribution in [3.63, 3.8) is 0 Å². The number of ether oxygens (including phenoxy) is 1. The normalized spacial score (nSPS) is 30.0. The Labute approximate surface area is 142 Å². The molecule has 1 aliphatic heterocycles. The van der Waals surface area contributed by atoms with Crippen LogP contribution < -0.4 is 0 Å². The average molecular weight is 332 g/mol. The fourth-order valence-corrected chi connectivity index (χ4v) is 3.58. The van der Waals surface area contributed by atoms with E-state index in [0.29, 0.717) is 19.5 Å². The van der Waals surface area contributed by atoms with E-state index in [-0.39, 0.29) is 12.7 Å². The van der Waals surface area contributed by atoms with Gasteiger partial charge in [-0.1, -0.05) is 30.3 Å². The summed E-state index contributed by atoms with van der Waals surface area (Å²) in [6.07, 6.45) is 0.132. The highest BCUT2D eigenvalue weighted by molar-refractivity contribution is 5.82. The van der Waals surface area contributed by atoms with Crippen LogP contribution >= 0.6 is 0 Å². The molecule has 130 valence electrons. The number of hydrogen-bond donors (Lipinski definition) is 1. The third kappa shape index (κ3) is 2.75. The summed E-state index contributed by atoms with van der Waals surface area (Å²) in [5, 5.41) is 9.60. The van der Waals surface area contributed by atoms with Gasteiger partial charge in [0.25, 0.3) is 0 Å². The van der Waals surface area contributed by atoms with Crippen LogP contribution in [-0.4, -0.2) is 66.8 Å². The van der Waals surface area contributed by atoms with E-state index in [9.17, 15) is 14.7 Å². The molecular weight excluding hydrogens is 308 g/mol. The van der Waals surface area contributed by atoms with Crippen LogP contribution in [0.5, 0.6) is 0 Å². The number of benzene rings is 1. The van der Waals surface area contributed by atoms with Gasteiger partial charge in [-0.25, -0.2) is 4.79 Å². The molecule has 1 amide bonds. The van der Waals surface area contributed by atoms with E-state index in [1.807, 2.05) is 37.4 Å². The van der Waals surface area contributed by atoms with Crippen molar-refractivity contribution in [1.82, 2.24) is 9.80 Å². The summed E-state index contributed by atoms with van der Waals surface area (Å²) in [6.45, 7) is 4.77. The Morgan fingerprint density at radius 1 is 1.17 bits per heavy atom. The van der Waals surface area contributed by atoms with Crippen molar-refractivity contribution in [1.29, 1.82) is 0 Å². The number of carbonyl (C=O) groups is 2. The molecule has 2 fully saturated rings. The summed E-state index contributed by atoms with van der Waals surface area (Å²) in [5.74, 6) is -0.845. The number of piperazine rings is 1. The number of carboxylic acid groups (broad SMARTS) is 1. The molecule has 0 bridgehead atoms. The van der Waals surface area contributed by atoms with Crippen LogP contribution in [0.1, 0.15) is 18.9 Å². The molecule has 0 spiro atoms. The molecule has 1 saturated carbocycles. The molecule has 2 aliphatic rings. The first-order valence-electron chi connectivity index (χ1n) is 8.28. The van der Waals surface area contributed by atoms with Gasteiger partial charge >= 0.3 is 12.1 Å². The topological polar surface area (TPSA) is 70.1 Å². The Kier molecular flexibility index (Phi) is 4.25. The van der Waals surface area contributed by atoms with Crippen LogP contribution in [0.3, 0.4) is 0 Å². The highest BCUT2D eigenvalue weighted by atomic mass is 16.6. The lowest BCUT2D eigenvalue weighted by Gasteiger charge is -2.32. The van der Waals surface area contributed by atoms with Crippen LogP contribution in [0, 0.1) is 5.41 Å². The van der Waals surface area contributed by atoms with Gasteiger partial charge in [0.05, 0.1) is 5.41 Å². The lowest BCUT2D eigenvalue weighted by atomic mass is 9.87. The second-order valence-corrected chi connectivity index (χ2v) is 7.11. The molecule has 1 aromatic carbocycles. The first-order chi connectivity index (χ1) is 11.4. The number of nitrogens with zero attached hydrogens (tertiary/aromatic N) is 2. The van der Waals surface area contributed by atoms with Gasteiger partial charge in [0.1, 0.15) is 6.61 Å². The molecule has 0 aromatic heterocycles. The van der Waals surface area contributed by atoms with Crippen molar-refractivity contribution in [3.05, 3.63) is 35.9 Å². The second-order valence-electron chi connectivity index (χ2n) is 7.11. The zero-order valence-corrected chi connectivity index (χ0v) is 14.2. The fraction of sp³-hybridized carbons (Fsp3) is 0.556. The first kappa shape index (κ1) is 16.8. The smallest absolute Gasteiger partial charge is 0.409 e. The zero-order chi connectivity index (χ0) is 17.4. The molecule has 1 aliphatic carbocycles. The predicted molar refractivity (Wildman–Crippen MR) is 88.9 cm³/mol. The van der Waals surface area contributed by atoms with E-state index in [4.69, 9.17) is 4.74 Å². The molecule has 1 saturated heterocycles. The molecule has 3 rings (SSSR count). The minimum absolute atomic E-state index is 0.102. The molecule has 1 heterocycles. The number of rotatable bonds is 4. The molecule has 1 aromatic rings. The summed E-state index contributed by atoms with van der Waals surface area (Å²) in [5.41, 5.74) is -0.611. The summed E-state index contributed by atoms with van der Waals surface area (Å²) in [4.78, 5) is 27.9. The van der Waals surface area contributed by atoms with Crippen LogP contribution in [0.2, 0.25) is 0 Å². The summed E-state index contributed by atoms with van der Waals surface area (Å²) in [6, 6.07) is 9.50. The quantitative estimate of drug-likeness (QED) is 0.910. The Bertz CT molecular complexity index is 627. The second kappa shape index (κ2) is 6.09. The van der Waals surface area contributed by atoms with Crippen molar-refractivity contribution in [2.75, 3.05) is 39.8 Å². The SMILES string of the molecule is CN1CCN(C(=O)OCC2(c3ccccc3)CC2(C)C(=O)O)CC1. The van der Waals surface area contributed by atoms with Crippen molar-refractivity contribution >= 4 is 12.1 Å². The molecule has 24 heavy (non-hydrogen) atoms. The number of likely N-dealkylation sites (N-methyl/N-ethyl adjacent to an activating group) is 1. The molecule has 6 nitrogen and oxygen atoms in total. The maximum Gasteiger partial charge on any atom is 0.409 e. The zero-order valence-electron chi connectivity index (χ0n) is 14.2. The van der Waals surface area contributed by atoms with Crippen molar-refractivity contribution in [2.24, 2.45) is 5.41 Å². The van der Waals surface area contributed by atoms with Gasteiger partial charge < -0.3 is 19.6 Å². The lowest BCUT2D eigenvalue weighted by molar-refractivity contribution is -0.143. The van der Waals surface area contributed by atoms with Crippen LogP contribution in [0.25, 0.3) is 0 Å². The van der Waals surface area contributed by atoms with E-state index in [0.717, 1.165) is 18.7 Å². The van der Waals surface area contributed by atoms with E-state index in [2.05, 4.69) is 4.90 Å². The molecular formula is C18H24N2O4. The van der Waals surface area contributed by atoms with Gasteiger partial charge in [-0.3, -0.25) is 4.79 Å². The van der Waals surface area contributed by atoms with Gasteiger partial charge in [-0.05, 0) is 26.0 Å². The van der Waals surface area contributed by atoms with Gasteiger partial charge in [0.15, 0.2) is 0 Å². The first-order valence-corrected chi connectivity index (χ1v) is 8.28. The Morgan fingerprint density at radius 2 is 1.79 bits per heavy atom. The van der Waals surface area contributed by atoms with Gasteiger partial charge in [0, 0.05) is 31.6 Å². The number of carboxylic acids is 1. The number of amides is 1. The summed E-state index contributed by atoms with van der Waals surface area (Å²) >= 11 is 0. The molecule has 2 atom stereocenters. The van der Waals surface area contributed by atoms with E-state index in [1.54, 1.807) is 11.8 Å². The Balaban J connectivity index is 1.71. The standard InChI is InChI=1S/C18H24N2O4/c1-17(15(21)22)12-18(17,14-6-4-3-5-7-14)13-24-16(23)20-10-8-19(2)9-11-20/h3-7H,8-13H2,1-2H3,(H,21,22).